The number of ether oxygens (including phenoxy) is 1. The Labute approximate surface area is 278 Å². The van der Waals surface area contributed by atoms with Crippen molar-refractivity contribution in [2.45, 2.75) is 51.0 Å². The summed E-state index contributed by atoms with van der Waals surface area (Å²) >= 11 is 0. The molecule has 0 bridgehead atoms. The second-order valence-electron chi connectivity index (χ2n) is 12.8. The van der Waals surface area contributed by atoms with E-state index in [1.807, 2.05) is 58.3 Å². The molecule has 3 aliphatic heterocycles. The van der Waals surface area contributed by atoms with E-state index in [1.165, 1.54) is 11.3 Å². The highest BCUT2D eigenvalue weighted by Crippen LogP contribution is 2.32. The zero-order valence-electron chi connectivity index (χ0n) is 27.3. The third-order valence-corrected chi connectivity index (χ3v) is 9.62. The van der Waals surface area contributed by atoms with E-state index in [4.69, 9.17) is 4.74 Å². The van der Waals surface area contributed by atoms with Gasteiger partial charge in [-0.2, -0.15) is 0 Å². The Bertz CT molecular complexity index is 1480. The topological polar surface area (TPSA) is 85.4 Å². The lowest BCUT2D eigenvalue weighted by atomic mass is 9.95. The first-order valence-electron chi connectivity index (χ1n) is 17.3. The Kier molecular flexibility index (Phi) is 11.1. The van der Waals surface area contributed by atoms with Gasteiger partial charge in [0.05, 0.1) is 13.2 Å². The van der Waals surface area contributed by atoms with Crippen LogP contribution in [0.2, 0.25) is 0 Å². The summed E-state index contributed by atoms with van der Waals surface area (Å²) in [6, 6.07) is 26.2. The number of rotatable bonds is 12. The Morgan fingerprint density at radius 1 is 0.766 bits per heavy atom. The highest BCUT2D eigenvalue weighted by atomic mass is 16.5. The normalized spacial score (nSPS) is 17.4. The fraction of sp³-hybridized carbons (Fsp3) is 0.447. The molecule has 248 valence electrons. The van der Waals surface area contributed by atoms with Crippen LogP contribution < -0.4 is 19.9 Å². The number of piperazine rings is 1. The minimum absolute atomic E-state index is 0.0249. The summed E-state index contributed by atoms with van der Waals surface area (Å²) in [7, 11) is 0. The van der Waals surface area contributed by atoms with Gasteiger partial charge in [0.1, 0.15) is 5.75 Å². The smallest absolute Gasteiger partial charge is 0.253 e. The Morgan fingerprint density at radius 2 is 1.49 bits per heavy atom. The van der Waals surface area contributed by atoms with Gasteiger partial charge in [0, 0.05) is 75.2 Å². The predicted molar refractivity (Wildman–Crippen MR) is 185 cm³/mol. The fourth-order valence-electron chi connectivity index (χ4n) is 6.94. The van der Waals surface area contributed by atoms with Crippen molar-refractivity contribution in [2.24, 2.45) is 0 Å². The molecule has 9 heteroatoms. The molecule has 0 atom stereocenters. The average Bonchev–Trinajstić information content (AvgIpc) is 3.12. The van der Waals surface area contributed by atoms with Crippen molar-refractivity contribution in [1.82, 2.24) is 15.1 Å². The van der Waals surface area contributed by atoms with Crippen molar-refractivity contribution >= 4 is 29.1 Å². The summed E-state index contributed by atoms with van der Waals surface area (Å²) in [6.07, 6.45) is 5.70. The molecule has 3 heterocycles. The lowest BCUT2D eigenvalue weighted by Crippen LogP contribution is -2.50. The zero-order chi connectivity index (χ0) is 32.4. The van der Waals surface area contributed by atoms with Crippen molar-refractivity contribution in [3.63, 3.8) is 0 Å². The van der Waals surface area contributed by atoms with E-state index >= 15 is 0 Å². The summed E-state index contributed by atoms with van der Waals surface area (Å²) in [6.45, 7) is 6.67. The van der Waals surface area contributed by atoms with Crippen LogP contribution in [-0.2, 0) is 16.0 Å². The molecule has 3 aromatic rings. The molecule has 3 aliphatic rings. The van der Waals surface area contributed by atoms with Crippen LogP contribution in [-0.4, -0.2) is 92.5 Å². The maximum absolute atomic E-state index is 13.2. The monoisotopic (exact) mass is 637 g/mol. The quantitative estimate of drug-likeness (QED) is 0.289. The molecule has 0 saturated carbocycles. The molecule has 0 radical (unpaired) electrons. The van der Waals surface area contributed by atoms with Crippen LogP contribution in [0.4, 0.5) is 11.4 Å². The number of unbranched alkanes of at least 4 members (excludes halogenated alkanes) is 2. The summed E-state index contributed by atoms with van der Waals surface area (Å²) in [5.74, 6) is 1.06. The zero-order valence-corrected chi connectivity index (χ0v) is 27.3. The molecule has 0 aromatic heterocycles. The number of carbonyl (C=O) groups is 3. The molecule has 0 spiro atoms. The van der Waals surface area contributed by atoms with Crippen LogP contribution in [0.15, 0.2) is 78.9 Å². The van der Waals surface area contributed by atoms with Crippen molar-refractivity contribution in [3.8, 4) is 5.75 Å². The van der Waals surface area contributed by atoms with Crippen LogP contribution >= 0.6 is 0 Å². The first kappa shape index (κ1) is 32.6. The van der Waals surface area contributed by atoms with E-state index in [1.54, 1.807) is 0 Å². The Balaban J connectivity index is 0.832. The van der Waals surface area contributed by atoms with Gasteiger partial charge >= 0.3 is 0 Å². The highest BCUT2D eigenvalue weighted by molar-refractivity contribution is 5.97. The maximum atomic E-state index is 13.2. The molecule has 3 amide bonds. The van der Waals surface area contributed by atoms with Crippen LogP contribution in [0.1, 0.15) is 54.4 Å². The number of anilines is 2. The molecular weight excluding hydrogens is 590 g/mol. The van der Waals surface area contributed by atoms with Crippen LogP contribution in [0.25, 0.3) is 0 Å². The molecule has 2 saturated heterocycles. The number of hydrogen-bond donors (Lipinski definition) is 1. The number of carbonyl (C=O) groups excluding carboxylic acids is 3. The largest absolute Gasteiger partial charge is 0.494 e. The number of benzene rings is 3. The van der Waals surface area contributed by atoms with Crippen LogP contribution in [0.3, 0.4) is 0 Å². The number of hydrogen-bond acceptors (Lipinski definition) is 6. The van der Waals surface area contributed by atoms with Gasteiger partial charge in [0.2, 0.25) is 11.8 Å². The highest BCUT2D eigenvalue weighted by Gasteiger charge is 2.33. The molecule has 0 aliphatic carbocycles. The Morgan fingerprint density at radius 3 is 2.26 bits per heavy atom. The van der Waals surface area contributed by atoms with E-state index in [9.17, 15) is 14.4 Å². The molecule has 0 unspecified atom stereocenters. The third kappa shape index (κ3) is 8.51. The van der Waals surface area contributed by atoms with Crippen molar-refractivity contribution in [1.29, 1.82) is 0 Å². The molecular formula is C38H47N5O4. The number of para-hydroxylation sites is 2. The molecule has 2 fully saturated rings. The van der Waals surface area contributed by atoms with Gasteiger partial charge in [-0.1, -0.05) is 36.4 Å². The SMILES string of the molecule is O=C(CN1CCN(c2ccccc2)CC1)NCCCCCOc1ccc(C(=O)N2CCC(N3C(=O)CCc4ccccc43)CC2)cc1. The number of piperidine rings is 1. The number of amides is 3. The number of nitrogens with zero attached hydrogens (tertiary/aromatic N) is 4. The van der Waals surface area contributed by atoms with E-state index < -0.39 is 0 Å². The van der Waals surface area contributed by atoms with E-state index in [-0.39, 0.29) is 23.8 Å². The summed E-state index contributed by atoms with van der Waals surface area (Å²) in [4.78, 5) is 46.9. The molecule has 6 rings (SSSR count). The Hall–Kier alpha value is -4.37. The summed E-state index contributed by atoms with van der Waals surface area (Å²) in [5, 5.41) is 3.06. The van der Waals surface area contributed by atoms with E-state index in [0.717, 1.165) is 76.1 Å². The molecule has 47 heavy (non-hydrogen) atoms. The van der Waals surface area contributed by atoms with Gasteiger partial charge in [0.25, 0.3) is 5.91 Å². The lowest BCUT2D eigenvalue weighted by Gasteiger charge is -2.41. The first-order chi connectivity index (χ1) is 23.0. The maximum Gasteiger partial charge on any atom is 0.253 e. The average molecular weight is 638 g/mol. The van der Waals surface area contributed by atoms with E-state index in [0.29, 0.717) is 44.8 Å². The van der Waals surface area contributed by atoms with Gasteiger partial charge in [-0.25, -0.2) is 0 Å². The van der Waals surface area contributed by atoms with Crippen molar-refractivity contribution in [2.75, 3.05) is 68.8 Å². The van der Waals surface area contributed by atoms with Gasteiger partial charge in [-0.15, -0.1) is 0 Å². The van der Waals surface area contributed by atoms with Gasteiger partial charge in [-0.05, 0) is 86.6 Å². The van der Waals surface area contributed by atoms with Gasteiger partial charge in [0.15, 0.2) is 0 Å². The van der Waals surface area contributed by atoms with Crippen molar-refractivity contribution in [3.05, 3.63) is 90.0 Å². The standard InChI is InChI=1S/C38H47N5O4/c44-36(29-40-24-26-41(27-25-40)32-10-3-1-4-11-32)39-21-7-2-8-28-47-34-16-13-31(14-17-34)38(46)42-22-19-33(20-23-42)43-35-12-6-5-9-30(35)15-18-37(43)45/h1,3-6,9-14,16-17,33H,2,7-8,15,18-29H2,(H,39,44). The summed E-state index contributed by atoms with van der Waals surface area (Å²) < 4.78 is 5.91. The fourth-order valence-corrected chi connectivity index (χ4v) is 6.94. The minimum Gasteiger partial charge on any atom is -0.494 e. The lowest BCUT2D eigenvalue weighted by molar-refractivity contribution is -0.122. The predicted octanol–water partition coefficient (Wildman–Crippen LogP) is 4.76. The van der Waals surface area contributed by atoms with Gasteiger partial charge < -0.3 is 24.8 Å². The summed E-state index contributed by atoms with van der Waals surface area (Å²) in [5.41, 5.74) is 4.17. The van der Waals surface area contributed by atoms with Crippen LogP contribution in [0.5, 0.6) is 5.75 Å². The minimum atomic E-state index is 0.0249. The second kappa shape index (κ2) is 16.0. The van der Waals surface area contributed by atoms with Gasteiger partial charge in [-0.3, -0.25) is 19.3 Å². The van der Waals surface area contributed by atoms with E-state index in [2.05, 4.69) is 45.4 Å². The molecule has 3 aromatic carbocycles. The first-order valence-corrected chi connectivity index (χ1v) is 17.3. The second-order valence-corrected chi connectivity index (χ2v) is 12.8. The van der Waals surface area contributed by atoms with Crippen molar-refractivity contribution < 1.29 is 19.1 Å². The number of fused-ring (bicyclic) bond motifs is 1. The number of likely N-dealkylation sites (tertiary alicyclic amines) is 1. The van der Waals surface area contributed by atoms with Crippen LogP contribution in [0, 0.1) is 0 Å². The third-order valence-electron chi connectivity index (χ3n) is 9.62. The molecule has 9 nitrogen and oxygen atoms in total. The molecule has 1 N–H and O–H groups in total. The number of nitrogens with one attached hydrogen (secondary N) is 1. The number of aryl methyl sites for hydroxylation is 1.